The molecule has 0 fully saturated rings. The van der Waals surface area contributed by atoms with Crippen LogP contribution >= 0.6 is 11.6 Å². The number of hydrogen-bond donors (Lipinski definition) is 1. The van der Waals surface area contributed by atoms with E-state index in [-0.39, 0.29) is 5.92 Å². The molecule has 0 unspecified atom stereocenters. The fraction of sp³-hybridized carbons (Fsp3) is 0.300. The Kier molecular flexibility index (Phi) is 6.91. The molecular weight excluding hydrogens is 364 g/mol. The number of likely N-dealkylation sites (N-methyl/N-ethyl adjacent to an activating group) is 1. The molecule has 0 bridgehead atoms. The first-order chi connectivity index (χ1) is 12.8. The minimum atomic E-state index is -0.773. The van der Waals surface area contributed by atoms with E-state index in [4.69, 9.17) is 16.9 Å². The number of halogens is 1. The van der Waals surface area contributed by atoms with Gasteiger partial charge in [-0.1, -0.05) is 43.6 Å². The smallest absolute Gasteiger partial charge is 0.257 e. The third kappa shape index (κ3) is 5.28. The van der Waals surface area contributed by atoms with Crippen LogP contribution in [0, 0.1) is 17.4 Å². The number of aromatic nitrogens is 1. The number of amides is 2. The van der Waals surface area contributed by atoms with Crippen LogP contribution in [0.5, 0.6) is 0 Å². The Morgan fingerprint density at radius 1 is 1.26 bits per heavy atom. The summed E-state index contributed by atoms with van der Waals surface area (Å²) in [5.74, 6) is -0.689. The molecule has 1 N–H and O–H groups in total. The Hall–Kier alpha value is -2.91. The van der Waals surface area contributed by atoms with Crippen LogP contribution in [0.25, 0.3) is 11.3 Å². The number of rotatable bonds is 6. The zero-order valence-corrected chi connectivity index (χ0v) is 16.2. The summed E-state index contributed by atoms with van der Waals surface area (Å²) in [5, 5.41) is 12.2. The molecule has 27 heavy (non-hydrogen) atoms. The lowest BCUT2D eigenvalue weighted by atomic mass is 10.0. The second-order valence-electron chi connectivity index (χ2n) is 6.56. The molecule has 2 aromatic rings. The summed E-state index contributed by atoms with van der Waals surface area (Å²) in [5.41, 5.74) is 1.75. The van der Waals surface area contributed by atoms with Crippen molar-refractivity contribution in [3.63, 3.8) is 0 Å². The van der Waals surface area contributed by atoms with E-state index >= 15 is 0 Å². The van der Waals surface area contributed by atoms with Crippen LogP contribution < -0.4 is 5.32 Å². The Labute approximate surface area is 163 Å². The number of carbonyl (C=O) groups is 2. The van der Waals surface area contributed by atoms with Crippen molar-refractivity contribution in [2.75, 3.05) is 7.05 Å². The highest BCUT2D eigenvalue weighted by Gasteiger charge is 2.25. The maximum atomic E-state index is 12.5. The molecule has 0 aliphatic carbocycles. The van der Waals surface area contributed by atoms with Crippen molar-refractivity contribution < 1.29 is 9.59 Å². The maximum absolute atomic E-state index is 12.5. The molecule has 140 valence electrons. The van der Waals surface area contributed by atoms with Crippen molar-refractivity contribution in [1.29, 1.82) is 5.26 Å². The molecule has 1 heterocycles. The first kappa shape index (κ1) is 20.4. The molecule has 1 aromatic heterocycles. The Balaban J connectivity index is 2.17. The standard InChI is InChI=1S/C20H21ClN4O2/c1-13(2)10-18(20(27)25(3)12-22)24-19(26)14-8-9-17(23-11-14)15-6-4-5-7-16(15)21/h4-9,11,13,18H,10H2,1-3H3,(H,24,26)/t18-/m0/s1. The number of pyridine rings is 1. The molecular formula is C20H21ClN4O2. The number of nitrogens with one attached hydrogen (secondary N) is 1. The average Bonchev–Trinajstić information content (AvgIpc) is 2.66. The van der Waals surface area contributed by atoms with Crippen molar-refractivity contribution in [3.8, 4) is 17.5 Å². The van der Waals surface area contributed by atoms with Gasteiger partial charge in [0.05, 0.1) is 11.3 Å². The van der Waals surface area contributed by atoms with E-state index in [1.807, 2.05) is 32.0 Å². The van der Waals surface area contributed by atoms with E-state index in [0.717, 1.165) is 10.5 Å². The first-order valence-corrected chi connectivity index (χ1v) is 8.90. The minimum Gasteiger partial charge on any atom is -0.340 e. The van der Waals surface area contributed by atoms with Gasteiger partial charge in [-0.15, -0.1) is 0 Å². The van der Waals surface area contributed by atoms with E-state index in [2.05, 4.69) is 10.3 Å². The highest BCUT2D eigenvalue weighted by atomic mass is 35.5. The topological polar surface area (TPSA) is 86.1 Å². The molecule has 0 aliphatic heterocycles. The van der Waals surface area contributed by atoms with Gasteiger partial charge in [0, 0.05) is 23.8 Å². The molecule has 1 aromatic carbocycles. The average molecular weight is 385 g/mol. The molecule has 0 spiro atoms. The third-order valence-corrected chi connectivity index (χ3v) is 4.30. The third-order valence-electron chi connectivity index (χ3n) is 3.97. The van der Waals surface area contributed by atoms with Gasteiger partial charge in [-0.25, -0.2) is 0 Å². The van der Waals surface area contributed by atoms with Crippen molar-refractivity contribution in [1.82, 2.24) is 15.2 Å². The van der Waals surface area contributed by atoms with Gasteiger partial charge in [-0.3, -0.25) is 19.5 Å². The zero-order valence-electron chi connectivity index (χ0n) is 15.4. The van der Waals surface area contributed by atoms with Gasteiger partial charge in [0.15, 0.2) is 6.19 Å². The van der Waals surface area contributed by atoms with Crippen LogP contribution in [0.2, 0.25) is 5.02 Å². The molecule has 0 saturated carbocycles. The minimum absolute atomic E-state index is 0.173. The van der Waals surface area contributed by atoms with Crippen molar-refractivity contribution in [3.05, 3.63) is 53.2 Å². The SMILES string of the molecule is CC(C)C[C@H](NC(=O)c1ccc(-c2ccccc2Cl)nc1)C(=O)N(C)C#N. The summed E-state index contributed by atoms with van der Waals surface area (Å²) in [4.78, 5) is 30.1. The maximum Gasteiger partial charge on any atom is 0.257 e. The lowest BCUT2D eigenvalue weighted by molar-refractivity contribution is -0.129. The molecule has 6 nitrogen and oxygen atoms in total. The van der Waals surface area contributed by atoms with E-state index in [0.29, 0.717) is 22.7 Å². The predicted molar refractivity (Wildman–Crippen MR) is 104 cm³/mol. The van der Waals surface area contributed by atoms with Crippen LogP contribution in [-0.4, -0.2) is 34.8 Å². The van der Waals surface area contributed by atoms with Crippen molar-refractivity contribution >= 4 is 23.4 Å². The molecule has 0 radical (unpaired) electrons. The Bertz CT molecular complexity index is 859. The summed E-state index contributed by atoms with van der Waals surface area (Å²) in [7, 11) is 1.38. The molecule has 2 rings (SSSR count). The van der Waals surface area contributed by atoms with E-state index in [1.54, 1.807) is 24.4 Å². The molecule has 2 amide bonds. The van der Waals surface area contributed by atoms with E-state index in [9.17, 15) is 9.59 Å². The Morgan fingerprint density at radius 2 is 1.96 bits per heavy atom. The van der Waals surface area contributed by atoms with Crippen LogP contribution in [0.15, 0.2) is 42.6 Å². The second kappa shape index (κ2) is 9.15. The zero-order chi connectivity index (χ0) is 20.0. The number of benzene rings is 1. The fourth-order valence-electron chi connectivity index (χ4n) is 2.57. The lowest BCUT2D eigenvalue weighted by Gasteiger charge is -2.21. The summed E-state index contributed by atoms with van der Waals surface area (Å²) in [6.45, 7) is 3.89. The normalized spacial score (nSPS) is 11.6. The fourth-order valence-corrected chi connectivity index (χ4v) is 2.81. The molecule has 7 heteroatoms. The largest absolute Gasteiger partial charge is 0.340 e. The van der Waals surface area contributed by atoms with Gasteiger partial charge in [-0.2, -0.15) is 5.26 Å². The van der Waals surface area contributed by atoms with Gasteiger partial charge >= 0.3 is 0 Å². The van der Waals surface area contributed by atoms with E-state index in [1.165, 1.54) is 13.2 Å². The summed E-state index contributed by atoms with van der Waals surface area (Å²) >= 11 is 6.17. The van der Waals surface area contributed by atoms with Gasteiger partial charge in [0.2, 0.25) is 0 Å². The molecule has 1 atom stereocenters. The van der Waals surface area contributed by atoms with Crippen molar-refractivity contribution in [2.45, 2.75) is 26.3 Å². The predicted octanol–water partition coefficient (Wildman–Crippen LogP) is 3.49. The van der Waals surface area contributed by atoms with Crippen LogP contribution in [0.4, 0.5) is 0 Å². The number of carbonyl (C=O) groups excluding carboxylic acids is 2. The van der Waals surface area contributed by atoms with E-state index < -0.39 is 17.9 Å². The first-order valence-electron chi connectivity index (χ1n) is 8.52. The van der Waals surface area contributed by atoms with Crippen LogP contribution in [0.3, 0.4) is 0 Å². The number of nitriles is 1. The van der Waals surface area contributed by atoms with Gasteiger partial charge < -0.3 is 5.32 Å². The van der Waals surface area contributed by atoms with Crippen LogP contribution in [0.1, 0.15) is 30.6 Å². The Morgan fingerprint density at radius 3 is 2.52 bits per heavy atom. The highest BCUT2D eigenvalue weighted by Crippen LogP contribution is 2.25. The summed E-state index contributed by atoms with van der Waals surface area (Å²) in [6.07, 6.45) is 3.65. The number of nitrogens with zero attached hydrogens (tertiary/aromatic N) is 3. The molecule has 0 aliphatic rings. The highest BCUT2D eigenvalue weighted by molar-refractivity contribution is 6.33. The van der Waals surface area contributed by atoms with Gasteiger partial charge in [-0.05, 0) is 30.5 Å². The summed E-state index contributed by atoms with van der Waals surface area (Å²) in [6, 6.07) is 9.87. The second-order valence-corrected chi connectivity index (χ2v) is 6.97. The lowest BCUT2D eigenvalue weighted by Crippen LogP contribution is -2.46. The van der Waals surface area contributed by atoms with Gasteiger partial charge in [0.1, 0.15) is 6.04 Å². The molecule has 0 saturated heterocycles. The van der Waals surface area contributed by atoms with Crippen molar-refractivity contribution in [2.24, 2.45) is 5.92 Å². The quantitative estimate of drug-likeness (QED) is 0.610. The monoisotopic (exact) mass is 384 g/mol. The van der Waals surface area contributed by atoms with Gasteiger partial charge in [0.25, 0.3) is 11.8 Å². The number of hydrogen-bond acceptors (Lipinski definition) is 4. The van der Waals surface area contributed by atoms with Crippen LogP contribution in [-0.2, 0) is 4.79 Å². The summed E-state index contributed by atoms with van der Waals surface area (Å²) < 4.78 is 0.